The van der Waals surface area contributed by atoms with E-state index in [2.05, 4.69) is 17.7 Å². The fourth-order valence-corrected chi connectivity index (χ4v) is 2.33. The second-order valence-electron chi connectivity index (χ2n) is 5.70. The van der Waals surface area contributed by atoms with Crippen molar-refractivity contribution >= 4 is 0 Å². The average molecular weight is 253 g/mol. The number of rotatable bonds is 6. The minimum atomic E-state index is -0.545. The van der Waals surface area contributed by atoms with Gasteiger partial charge >= 0.3 is 0 Å². The molecule has 3 atom stereocenters. The summed E-state index contributed by atoms with van der Waals surface area (Å²) in [7, 11) is 0. The number of likely N-dealkylation sites (tertiary alicyclic amines) is 1. The van der Waals surface area contributed by atoms with Crippen molar-refractivity contribution in [3.63, 3.8) is 0 Å². The van der Waals surface area contributed by atoms with E-state index in [0.717, 1.165) is 25.4 Å². The first-order valence-corrected chi connectivity index (χ1v) is 7.01. The molecule has 1 aliphatic rings. The molecular weight excluding hydrogens is 226 g/mol. The molecule has 0 unspecified atom stereocenters. The molecule has 0 aromatic carbocycles. The van der Waals surface area contributed by atoms with Gasteiger partial charge in [0.15, 0.2) is 0 Å². The Morgan fingerprint density at radius 1 is 1.61 bits per heavy atom. The molecule has 0 radical (unpaired) electrons. The Bertz CT molecular complexity index is 287. The highest BCUT2D eigenvalue weighted by Crippen LogP contribution is 2.17. The van der Waals surface area contributed by atoms with Gasteiger partial charge in [0.05, 0.1) is 12.7 Å². The molecule has 0 spiro atoms. The van der Waals surface area contributed by atoms with E-state index in [9.17, 15) is 5.11 Å². The molecule has 1 saturated heterocycles. The van der Waals surface area contributed by atoms with Gasteiger partial charge < -0.3 is 14.7 Å². The molecule has 1 fully saturated rings. The third kappa shape index (κ3) is 4.97. The fourth-order valence-electron chi connectivity index (χ4n) is 2.33. The van der Waals surface area contributed by atoms with Gasteiger partial charge in [-0.3, -0.25) is 0 Å². The molecular formula is C15H27NO2. The Balaban J connectivity index is 2.29. The van der Waals surface area contributed by atoms with Crippen LogP contribution in [0.2, 0.25) is 0 Å². The Hall–Kier alpha value is -0.560. The van der Waals surface area contributed by atoms with Crippen molar-refractivity contribution in [3.8, 4) is 12.3 Å². The smallest absolute Gasteiger partial charge is 0.125 e. The summed E-state index contributed by atoms with van der Waals surface area (Å²) in [4.78, 5) is 2.32. The zero-order chi connectivity index (χ0) is 13.6. The summed E-state index contributed by atoms with van der Waals surface area (Å²) in [6, 6.07) is 0. The number of terminal acetylenes is 1. The van der Waals surface area contributed by atoms with Crippen molar-refractivity contribution in [2.75, 3.05) is 26.2 Å². The highest BCUT2D eigenvalue weighted by atomic mass is 16.5. The largest absolute Gasteiger partial charge is 0.389 e. The van der Waals surface area contributed by atoms with Gasteiger partial charge in [0.2, 0.25) is 0 Å². The van der Waals surface area contributed by atoms with Gasteiger partial charge in [-0.1, -0.05) is 19.8 Å². The molecule has 0 bridgehead atoms. The minimum Gasteiger partial charge on any atom is -0.389 e. The summed E-state index contributed by atoms with van der Waals surface area (Å²) in [5.41, 5.74) is -0.545. The van der Waals surface area contributed by atoms with Crippen LogP contribution in [-0.2, 0) is 4.74 Å². The zero-order valence-electron chi connectivity index (χ0n) is 12.0. The van der Waals surface area contributed by atoms with E-state index in [0.29, 0.717) is 13.2 Å². The number of β-amino-alcohol motifs (C(OH)–C–C–N with tert-alkyl or cyclic N) is 1. The monoisotopic (exact) mass is 253 g/mol. The summed E-state index contributed by atoms with van der Waals surface area (Å²) in [5.74, 6) is 3.38. The van der Waals surface area contributed by atoms with Gasteiger partial charge in [0, 0.05) is 13.1 Å². The average Bonchev–Trinajstić information content (AvgIpc) is 2.36. The van der Waals surface area contributed by atoms with E-state index in [1.807, 2.05) is 13.8 Å². The van der Waals surface area contributed by atoms with Crippen molar-refractivity contribution in [1.29, 1.82) is 0 Å². The molecule has 0 saturated carbocycles. The summed E-state index contributed by atoms with van der Waals surface area (Å²) in [6.45, 7) is 9.33. The van der Waals surface area contributed by atoms with Gasteiger partial charge in [-0.2, -0.15) is 0 Å². The number of aliphatic hydroxyl groups is 1. The molecule has 3 heteroatoms. The predicted molar refractivity (Wildman–Crippen MR) is 74.3 cm³/mol. The number of ether oxygens (including phenoxy) is 1. The lowest BCUT2D eigenvalue weighted by molar-refractivity contribution is -0.0494. The van der Waals surface area contributed by atoms with E-state index in [-0.39, 0.29) is 0 Å². The summed E-state index contributed by atoms with van der Waals surface area (Å²) in [6.07, 6.45) is 8.28. The van der Waals surface area contributed by atoms with Crippen LogP contribution in [0, 0.1) is 18.3 Å². The van der Waals surface area contributed by atoms with Crippen LogP contribution in [-0.4, -0.2) is 48.0 Å². The number of piperidine rings is 1. The van der Waals surface area contributed by atoms with E-state index < -0.39 is 11.7 Å². The van der Waals surface area contributed by atoms with E-state index >= 15 is 0 Å². The Labute approximate surface area is 112 Å². The standard InChI is InChI=1S/C15H27NO2/c1-5-15(4,6-2)18-12-14(17)11-16-9-7-8-13(3)10-16/h1,13-14,17H,6-12H2,2-4H3/t13-,14+,15-/m1/s1. The Kier molecular flexibility index (Phi) is 6.14. The van der Waals surface area contributed by atoms with Crippen molar-refractivity contribution in [2.24, 2.45) is 5.92 Å². The lowest BCUT2D eigenvalue weighted by Gasteiger charge is -2.33. The number of aliphatic hydroxyl groups excluding tert-OH is 1. The lowest BCUT2D eigenvalue weighted by Crippen LogP contribution is -2.42. The first kappa shape index (κ1) is 15.5. The van der Waals surface area contributed by atoms with Gasteiger partial charge in [-0.05, 0) is 38.6 Å². The van der Waals surface area contributed by atoms with Gasteiger partial charge in [0.25, 0.3) is 0 Å². The second-order valence-corrected chi connectivity index (χ2v) is 5.70. The molecule has 18 heavy (non-hydrogen) atoms. The van der Waals surface area contributed by atoms with Crippen LogP contribution in [0.1, 0.15) is 40.0 Å². The Morgan fingerprint density at radius 2 is 2.33 bits per heavy atom. The van der Waals surface area contributed by atoms with E-state index in [4.69, 9.17) is 11.2 Å². The highest BCUT2D eigenvalue weighted by molar-refractivity contribution is 5.05. The molecule has 0 amide bonds. The van der Waals surface area contributed by atoms with Crippen LogP contribution in [0.25, 0.3) is 0 Å². The first-order chi connectivity index (χ1) is 8.49. The fraction of sp³-hybridized carbons (Fsp3) is 0.867. The van der Waals surface area contributed by atoms with Crippen LogP contribution < -0.4 is 0 Å². The predicted octanol–water partition coefficient (Wildman–Crippen LogP) is 1.90. The topological polar surface area (TPSA) is 32.7 Å². The normalized spacial score (nSPS) is 26.3. The number of nitrogens with zero attached hydrogens (tertiary/aromatic N) is 1. The SMILES string of the molecule is C#C[C@](C)(CC)OC[C@@H](O)CN1CCC[C@@H](C)C1. The highest BCUT2D eigenvalue weighted by Gasteiger charge is 2.23. The molecule has 104 valence electrons. The molecule has 0 aliphatic carbocycles. The number of hydrogen-bond donors (Lipinski definition) is 1. The zero-order valence-corrected chi connectivity index (χ0v) is 12.0. The summed E-state index contributed by atoms with van der Waals surface area (Å²) >= 11 is 0. The lowest BCUT2D eigenvalue weighted by atomic mass is 10.00. The van der Waals surface area contributed by atoms with Crippen LogP contribution in [0.3, 0.4) is 0 Å². The van der Waals surface area contributed by atoms with Gasteiger partial charge in [-0.15, -0.1) is 6.42 Å². The molecule has 0 aromatic rings. The third-order valence-corrected chi connectivity index (χ3v) is 3.78. The molecule has 1 aliphatic heterocycles. The second kappa shape index (κ2) is 7.13. The molecule has 1 rings (SSSR count). The quantitative estimate of drug-likeness (QED) is 0.734. The molecule has 3 nitrogen and oxygen atoms in total. The third-order valence-electron chi connectivity index (χ3n) is 3.78. The number of hydrogen-bond acceptors (Lipinski definition) is 3. The van der Waals surface area contributed by atoms with Crippen molar-refractivity contribution in [2.45, 2.75) is 51.7 Å². The van der Waals surface area contributed by atoms with Crippen LogP contribution >= 0.6 is 0 Å². The van der Waals surface area contributed by atoms with Crippen molar-refractivity contribution in [1.82, 2.24) is 4.90 Å². The van der Waals surface area contributed by atoms with Crippen LogP contribution in [0.5, 0.6) is 0 Å². The molecule has 1 heterocycles. The van der Waals surface area contributed by atoms with Gasteiger partial charge in [0.1, 0.15) is 5.60 Å². The van der Waals surface area contributed by atoms with Crippen LogP contribution in [0.4, 0.5) is 0 Å². The van der Waals surface area contributed by atoms with Gasteiger partial charge in [-0.25, -0.2) is 0 Å². The van der Waals surface area contributed by atoms with E-state index in [1.54, 1.807) is 0 Å². The van der Waals surface area contributed by atoms with E-state index in [1.165, 1.54) is 12.8 Å². The Morgan fingerprint density at radius 3 is 2.89 bits per heavy atom. The first-order valence-electron chi connectivity index (χ1n) is 7.01. The maximum atomic E-state index is 10.0. The maximum absolute atomic E-state index is 10.0. The minimum absolute atomic E-state index is 0.319. The van der Waals surface area contributed by atoms with Crippen molar-refractivity contribution in [3.05, 3.63) is 0 Å². The summed E-state index contributed by atoms with van der Waals surface area (Å²) in [5, 5.41) is 10.0. The van der Waals surface area contributed by atoms with Crippen LogP contribution in [0.15, 0.2) is 0 Å². The molecule has 1 N–H and O–H groups in total. The summed E-state index contributed by atoms with van der Waals surface area (Å²) < 4.78 is 5.65. The molecule has 0 aromatic heterocycles. The van der Waals surface area contributed by atoms with Crippen molar-refractivity contribution < 1.29 is 9.84 Å². The maximum Gasteiger partial charge on any atom is 0.125 e.